The maximum absolute atomic E-state index is 12.3. The first kappa shape index (κ1) is 16.9. The zero-order valence-corrected chi connectivity index (χ0v) is 14.3. The van der Waals surface area contributed by atoms with Crippen molar-refractivity contribution < 1.29 is 9.53 Å². The number of nitrogens with one attached hydrogen (secondary N) is 1. The fourth-order valence-corrected chi connectivity index (χ4v) is 2.63. The van der Waals surface area contributed by atoms with Crippen LogP contribution in [-0.4, -0.2) is 17.6 Å². The maximum Gasteiger partial charge on any atom is 0.262 e. The third-order valence-electron chi connectivity index (χ3n) is 3.97. The molecule has 118 valence electrons. The number of carbonyl (C=O) groups excluding carboxylic acids is 1. The monoisotopic (exact) mass is 340 g/mol. The second kappa shape index (κ2) is 6.36. The van der Waals surface area contributed by atoms with E-state index in [4.69, 9.17) is 27.9 Å². The molecule has 0 heterocycles. The first-order chi connectivity index (χ1) is 10.3. The lowest BCUT2D eigenvalue weighted by molar-refractivity contribution is -0.128. The summed E-state index contributed by atoms with van der Waals surface area (Å²) >= 11 is 12.2. The molecule has 2 unspecified atom stereocenters. The molecule has 1 N–H and O–H groups in total. The zero-order chi connectivity index (χ0) is 16.5. The van der Waals surface area contributed by atoms with Crippen molar-refractivity contribution in [3.63, 3.8) is 0 Å². The van der Waals surface area contributed by atoms with Crippen LogP contribution < -0.4 is 10.1 Å². The molecule has 4 nitrogen and oxygen atoms in total. The molecule has 0 saturated heterocycles. The Morgan fingerprint density at radius 3 is 2.68 bits per heavy atom. The quantitative estimate of drug-likeness (QED) is 0.884. The summed E-state index contributed by atoms with van der Waals surface area (Å²) in [5.74, 6) is 0.283. The number of ether oxygens (including phenoxy) is 1. The molecule has 1 amide bonds. The molecule has 2 rings (SSSR count). The smallest absolute Gasteiger partial charge is 0.262 e. The number of benzene rings is 1. The van der Waals surface area contributed by atoms with Crippen LogP contribution in [0, 0.1) is 24.2 Å². The van der Waals surface area contributed by atoms with E-state index in [1.54, 1.807) is 32.9 Å². The molecule has 6 heteroatoms. The molecule has 0 aromatic heterocycles. The van der Waals surface area contributed by atoms with Gasteiger partial charge in [-0.05, 0) is 57.2 Å². The average molecular weight is 341 g/mol. The van der Waals surface area contributed by atoms with Gasteiger partial charge in [0.05, 0.1) is 11.1 Å². The summed E-state index contributed by atoms with van der Waals surface area (Å²) < 4.78 is 5.62. The molecule has 0 aliphatic heterocycles. The predicted octanol–water partition coefficient (Wildman–Crippen LogP) is 3.88. The van der Waals surface area contributed by atoms with E-state index in [0.717, 1.165) is 12.8 Å². The van der Waals surface area contributed by atoms with Crippen molar-refractivity contribution in [3.8, 4) is 11.8 Å². The molecule has 1 aromatic rings. The number of halogens is 2. The molecule has 0 radical (unpaired) electrons. The summed E-state index contributed by atoms with van der Waals surface area (Å²) in [6.45, 7) is 5.15. The van der Waals surface area contributed by atoms with Gasteiger partial charge in [0.1, 0.15) is 11.3 Å². The Balaban J connectivity index is 2.06. The number of hydrogen-bond donors (Lipinski definition) is 1. The van der Waals surface area contributed by atoms with Crippen molar-refractivity contribution in [3.05, 3.63) is 27.7 Å². The highest BCUT2D eigenvalue weighted by Gasteiger charge is 2.43. The molecule has 22 heavy (non-hydrogen) atoms. The lowest BCUT2D eigenvalue weighted by Gasteiger charge is -2.25. The van der Waals surface area contributed by atoms with Gasteiger partial charge >= 0.3 is 0 Å². The van der Waals surface area contributed by atoms with Gasteiger partial charge in [-0.2, -0.15) is 5.26 Å². The van der Waals surface area contributed by atoms with Gasteiger partial charge < -0.3 is 10.1 Å². The van der Waals surface area contributed by atoms with E-state index in [-0.39, 0.29) is 11.8 Å². The van der Waals surface area contributed by atoms with Gasteiger partial charge in [0, 0.05) is 5.02 Å². The molecule has 0 bridgehead atoms. The van der Waals surface area contributed by atoms with E-state index < -0.39 is 11.6 Å². The summed E-state index contributed by atoms with van der Waals surface area (Å²) in [6.07, 6.45) is 1.16. The lowest BCUT2D eigenvalue weighted by atomic mass is 9.97. The molecule has 0 spiro atoms. The van der Waals surface area contributed by atoms with E-state index in [0.29, 0.717) is 21.4 Å². The first-order valence-corrected chi connectivity index (χ1v) is 7.88. The fourth-order valence-electron chi connectivity index (χ4n) is 2.21. The largest absolute Gasteiger partial charge is 0.479 e. The SMILES string of the molecule is Cc1c(Cl)ccc(OC(C)C(=O)NC(C)(C#N)C2CC2)c1Cl. The van der Waals surface area contributed by atoms with E-state index in [9.17, 15) is 10.1 Å². The van der Waals surface area contributed by atoms with Gasteiger partial charge in [0.2, 0.25) is 0 Å². The Kier molecular flexibility index (Phi) is 4.89. The summed E-state index contributed by atoms with van der Waals surface area (Å²) in [5.41, 5.74) is -0.137. The minimum Gasteiger partial charge on any atom is -0.479 e. The molecule has 1 saturated carbocycles. The van der Waals surface area contributed by atoms with Gasteiger partial charge in [-0.25, -0.2) is 0 Å². The van der Waals surface area contributed by atoms with Crippen molar-refractivity contribution in [2.75, 3.05) is 0 Å². The number of rotatable bonds is 5. The van der Waals surface area contributed by atoms with E-state index >= 15 is 0 Å². The minimum atomic E-state index is -0.839. The third-order valence-corrected chi connectivity index (χ3v) is 4.85. The second-order valence-corrected chi connectivity index (χ2v) is 6.61. The van der Waals surface area contributed by atoms with Crippen molar-refractivity contribution >= 4 is 29.1 Å². The molecule has 2 atom stereocenters. The Morgan fingerprint density at radius 1 is 1.50 bits per heavy atom. The third kappa shape index (κ3) is 3.48. The van der Waals surface area contributed by atoms with E-state index in [1.807, 2.05) is 0 Å². The van der Waals surface area contributed by atoms with E-state index in [1.165, 1.54) is 0 Å². The Hall–Kier alpha value is -1.44. The van der Waals surface area contributed by atoms with Crippen LogP contribution in [-0.2, 0) is 4.79 Å². The lowest BCUT2D eigenvalue weighted by Crippen LogP contribution is -2.51. The minimum absolute atomic E-state index is 0.218. The summed E-state index contributed by atoms with van der Waals surface area (Å²) in [4.78, 5) is 12.3. The molecular formula is C16H18Cl2N2O2. The van der Waals surface area contributed by atoms with Crippen LogP contribution in [0.1, 0.15) is 32.3 Å². The Morgan fingerprint density at radius 2 is 2.14 bits per heavy atom. The molecule has 1 aromatic carbocycles. The second-order valence-electron chi connectivity index (χ2n) is 5.82. The predicted molar refractivity (Wildman–Crippen MR) is 86.2 cm³/mol. The number of nitrogens with zero attached hydrogens (tertiary/aromatic N) is 1. The summed E-state index contributed by atoms with van der Waals surface area (Å²) in [5, 5.41) is 13.0. The molecule has 1 aliphatic rings. The molecular weight excluding hydrogens is 323 g/mol. The summed E-state index contributed by atoms with van der Waals surface area (Å²) in [7, 11) is 0. The van der Waals surface area contributed by atoms with Crippen LogP contribution in [0.15, 0.2) is 12.1 Å². The number of amides is 1. The number of hydrogen-bond acceptors (Lipinski definition) is 3. The van der Waals surface area contributed by atoms with Crippen LogP contribution in [0.3, 0.4) is 0 Å². The Bertz CT molecular complexity index is 638. The number of nitriles is 1. The number of carbonyl (C=O) groups is 1. The van der Waals surface area contributed by atoms with Crippen LogP contribution in [0.2, 0.25) is 10.0 Å². The van der Waals surface area contributed by atoms with Crippen molar-refractivity contribution in [1.82, 2.24) is 5.32 Å². The highest BCUT2D eigenvalue weighted by atomic mass is 35.5. The Labute approximate surface area is 140 Å². The highest BCUT2D eigenvalue weighted by Crippen LogP contribution is 2.39. The van der Waals surface area contributed by atoms with Crippen molar-refractivity contribution in [2.45, 2.75) is 45.3 Å². The van der Waals surface area contributed by atoms with Gasteiger partial charge in [-0.1, -0.05) is 23.2 Å². The van der Waals surface area contributed by atoms with Crippen molar-refractivity contribution in [2.24, 2.45) is 5.92 Å². The standard InChI is InChI=1S/C16H18Cl2N2O2/c1-9-12(17)6-7-13(14(9)18)22-10(2)15(21)20-16(3,8-19)11-4-5-11/h6-7,10-11H,4-5H2,1-3H3,(H,20,21). The van der Waals surface area contributed by atoms with Crippen LogP contribution >= 0.6 is 23.2 Å². The van der Waals surface area contributed by atoms with Gasteiger partial charge in [0.25, 0.3) is 5.91 Å². The van der Waals surface area contributed by atoms with Crippen LogP contribution in [0.25, 0.3) is 0 Å². The van der Waals surface area contributed by atoms with Crippen molar-refractivity contribution in [1.29, 1.82) is 5.26 Å². The van der Waals surface area contributed by atoms with Gasteiger partial charge in [-0.15, -0.1) is 0 Å². The summed E-state index contributed by atoms with van der Waals surface area (Å²) in [6, 6.07) is 5.49. The van der Waals surface area contributed by atoms with Gasteiger partial charge in [-0.3, -0.25) is 4.79 Å². The van der Waals surface area contributed by atoms with Gasteiger partial charge in [0.15, 0.2) is 6.10 Å². The van der Waals surface area contributed by atoms with Crippen LogP contribution in [0.4, 0.5) is 0 Å². The average Bonchev–Trinajstić information content (AvgIpc) is 3.32. The fraction of sp³-hybridized carbons (Fsp3) is 0.500. The van der Waals surface area contributed by atoms with Crippen LogP contribution in [0.5, 0.6) is 5.75 Å². The molecule has 1 fully saturated rings. The highest BCUT2D eigenvalue weighted by molar-refractivity contribution is 6.36. The van der Waals surface area contributed by atoms with E-state index in [2.05, 4.69) is 11.4 Å². The maximum atomic E-state index is 12.3. The zero-order valence-electron chi connectivity index (χ0n) is 12.7. The first-order valence-electron chi connectivity index (χ1n) is 7.13. The topological polar surface area (TPSA) is 62.1 Å². The normalized spacial score (nSPS) is 18.0. The molecule has 1 aliphatic carbocycles.